The van der Waals surface area contributed by atoms with E-state index in [0.29, 0.717) is 22.7 Å². The Morgan fingerprint density at radius 1 is 1.17 bits per heavy atom. The minimum atomic E-state index is 0.0437. The molecule has 0 aliphatic heterocycles. The summed E-state index contributed by atoms with van der Waals surface area (Å²) in [5, 5.41) is 0.474. The zero-order chi connectivity index (χ0) is 13.1. The minimum Gasteiger partial charge on any atom is -0.398 e. The van der Waals surface area contributed by atoms with Gasteiger partial charge in [0.25, 0.3) is 0 Å². The summed E-state index contributed by atoms with van der Waals surface area (Å²) in [6, 6.07) is 12.9. The molecule has 92 valence electrons. The number of carbonyl (C=O) groups excluding carboxylic acids is 1. The van der Waals surface area contributed by atoms with Crippen molar-refractivity contribution in [1.82, 2.24) is 0 Å². The van der Waals surface area contributed by atoms with Gasteiger partial charge in [0, 0.05) is 12.0 Å². The zero-order valence-corrected chi connectivity index (χ0v) is 10.9. The zero-order valence-electron chi connectivity index (χ0n) is 10.1. The quantitative estimate of drug-likeness (QED) is 0.675. The van der Waals surface area contributed by atoms with Crippen LogP contribution >= 0.6 is 11.6 Å². The first-order chi connectivity index (χ1) is 8.56. The van der Waals surface area contributed by atoms with Gasteiger partial charge in [-0.1, -0.05) is 41.4 Å². The number of hydrogen-bond acceptors (Lipinski definition) is 2. The monoisotopic (exact) mass is 259 g/mol. The van der Waals surface area contributed by atoms with Gasteiger partial charge in [-0.15, -0.1) is 0 Å². The number of ketones is 1. The standard InChI is InChI=1S/C15H14ClNO/c1-10-2-4-11(5-3-10)8-15(18)12-6-7-13(16)14(17)9-12/h2-7,9H,8,17H2,1H3. The van der Waals surface area contributed by atoms with E-state index in [1.54, 1.807) is 18.2 Å². The lowest BCUT2D eigenvalue weighted by Crippen LogP contribution is -2.04. The van der Waals surface area contributed by atoms with Gasteiger partial charge in [0.15, 0.2) is 5.78 Å². The lowest BCUT2D eigenvalue weighted by molar-refractivity contribution is 0.0993. The summed E-state index contributed by atoms with van der Waals surface area (Å²) in [6.07, 6.45) is 0.376. The van der Waals surface area contributed by atoms with E-state index < -0.39 is 0 Å². The molecule has 18 heavy (non-hydrogen) atoms. The number of anilines is 1. The Balaban J connectivity index is 2.16. The molecule has 0 bridgehead atoms. The van der Waals surface area contributed by atoms with Crippen molar-refractivity contribution in [3.8, 4) is 0 Å². The fourth-order valence-electron chi connectivity index (χ4n) is 1.71. The number of carbonyl (C=O) groups is 1. The number of nitrogens with two attached hydrogens (primary N) is 1. The lowest BCUT2D eigenvalue weighted by atomic mass is 10.0. The van der Waals surface area contributed by atoms with E-state index in [1.165, 1.54) is 5.56 Å². The molecule has 0 radical (unpaired) electrons. The molecule has 0 amide bonds. The van der Waals surface area contributed by atoms with Crippen molar-refractivity contribution in [3.63, 3.8) is 0 Å². The average molecular weight is 260 g/mol. The smallest absolute Gasteiger partial charge is 0.167 e. The molecule has 0 fully saturated rings. The van der Waals surface area contributed by atoms with Crippen LogP contribution in [0.15, 0.2) is 42.5 Å². The Bertz CT molecular complexity index is 576. The van der Waals surface area contributed by atoms with Crippen molar-refractivity contribution in [2.75, 3.05) is 5.73 Å². The molecule has 0 saturated heterocycles. The third-order valence-corrected chi connectivity index (χ3v) is 3.15. The summed E-state index contributed by atoms with van der Waals surface area (Å²) < 4.78 is 0. The number of aryl methyl sites for hydroxylation is 1. The maximum absolute atomic E-state index is 12.1. The van der Waals surface area contributed by atoms with Crippen LogP contribution in [0.3, 0.4) is 0 Å². The number of halogens is 1. The predicted molar refractivity (Wildman–Crippen MR) is 75.1 cm³/mol. The van der Waals surface area contributed by atoms with Gasteiger partial charge in [-0.3, -0.25) is 4.79 Å². The molecule has 0 unspecified atom stereocenters. The predicted octanol–water partition coefficient (Wildman–Crippen LogP) is 3.66. The van der Waals surface area contributed by atoms with Gasteiger partial charge < -0.3 is 5.73 Å². The Kier molecular flexibility index (Phi) is 3.68. The van der Waals surface area contributed by atoms with Crippen molar-refractivity contribution in [2.24, 2.45) is 0 Å². The molecule has 0 aromatic heterocycles. The van der Waals surface area contributed by atoms with Gasteiger partial charge in [0.1, 0.15) is 0 Å². The molecular formula is C15H14ClNO. The third-order valence-electron chi connectivity index (χ3n) is 2.80. The maximum Gasteiger partial charge on any atom is 0.167 e. The van der Waals surface area contributed by atoms with Gasteiger partial charge in [-0.05, 0) is 30.7 Å². The van der Waals surface area contributed by atoms with Gasteiger partial charge in [0.05, 0.1) is 10.7 Å². The summed E-state index contributed by atoms with van der Waals surface area (Å²) in [5.41, 5.74) is 8.90. The molecule has 0 heterocycles. The molecule has 2 aromatic rings. The summed E-state index contributed by atoms with van der Waals surface area (Å²) in [7, 11) is 0. The fraction of sp³-hybridized carbons (Fsp3) is 0.133. The van der Waals surface area contributed by atoms with Crippen LogP contribution in [0, 0.1) is 6.92 Å². The average Bonchev–Trinajstić information content (AvgIpc) is 2.35. The van der Waals surface area contributed by atoms with Crippen LogP contribution in [0.5, 0.6) is 0 Å². The second kappa shape index (κ2) is 5.23. The fourth-order valence-corrected chi connectivity index (χ4v) is 1.83. The Morgan fingerprint density at radius 2 is 1.83 bits per heavy atom. The normalized spacial score (nSPS) is 10.3. The lowest BCUT2D eigenvalue weighted by Gasteiger charge is -2.04. The highest BCUT2D eigenvalue weighted by atomic mass is 35.5. The van der Waals surface area contributed by atoms with Crippen LogP contribution in [-0.4, -0.2) is 5.78 Å². The number of Topliss-reactive ketones (excluding diaryl/α,β-unsaturated/α-hetero) is 1. The van der Waals surface area contributed by atoms with E-state index >= 15 is 0 Å². The molecule has 0 atom stereocenters. The van der Waals surface area contributed by atoms with Gasteiger partial charge >= 0.3 is 0 Å². The van der Waals surface area contributed by atoms with Gasteiger partial charge in [-0.25, -0.2) is 0 Å². The number of hydrogen-bond donors (Lipinski definition) is 1. The third kappa shape index (κ3) is 2.90. The molecule has 2 N–H and O–H groups in total. The number of rotatable bonds is 3. The minimum absolute atomic E-state index is 0.0437. The Morgan fingerprint density at radius 3 is 2.44 bits per heavy atom. The second-order valence-electron chi connectivity index (χ2n) is 4.32. The number of benzene rings is 2. The van der Waals surface area contributed by atoms with E-state index in [2.05, 4.69) is 0 Å². The molecular weight excluding hydrogens is 246 g/mol. The highest BCUT2D eigenvalue weighted by Crippen LogP contribution is 2.20. The first kappa shape index (κ1) is 12.7. The molecule has 0 spiro atoms. The Hall–Kier alpha value is -1.80. The van der Waals surface area contributed by atoms with E-state index in [9.17, 15) is 4.79 Å². The highest BCUT2D eigenvalue weighted by Gasteiger charge is 2.08. The van der Waals surface area contributed by atoms with E-state index in [-0.39, 0.29) is 5.78 Å². The second-order valence-corrected chi connectivity index (χ2v) is 4.73. The summed E-state index contributed by atoms with van der Waals surface area (Å²) in [6.45, 7) is 2.02. The van der Waals surface area contributed by atoms with Crippen molar-refractivity contribution in [2.45, 2.75) is 13.3 Å². The molecule has 0 saturated carbocycles. The van der Waals surface area contributed by atoms with Crippen LogP contribution in [0.1, 0.15) is 21.5 Å². The highest BCUT2D eigenvalue weighted by molar-refractivity contribution is 6.33. The topological polar surface area (TPSA) is 43.1 Å². The van der Waals surface area contributed by atoms with Crippen molar-refractivity contribution >= 4 is 23.1 Å². The Labute approximate surface area is 111 Å². The van der Waals surface area contributed by atoms with Crippen LogP contribution < -0.4 is 5.73 Å². The molecule has 0 aliphatic rings. The van der Waals surface area contributed by atoms with Gasteiger partial charge in [0.2, 0.25) is 0 Å². The van der Waals surface area contributed by atoms with E-state index in [1.807, 2.05) is 31.2 Å². The number of nitrogen functional groups attached to an aromatic ring is 1. The summed E-state index contributed by atoms with van der Waals surface area (Å²) in [5.74, 6) is 0.0437. The van der Waals surface area contributed by atoms with Gasteiger partial charge in [-0.2, -0.15) is 0 Å². The van der Waals surface area contributed by atoms with Crippen molar-refractivity contribution in [1.29, 1.82) is 0 Å². The SMILES string of the molecule is Cc1ccc(CC(=O)c2ccc(Cl)c(N)c2)cc1. The van der Waals surface area contributed by atoms with Crippen molar-refractivity contribution < 1.29 is 4.79 Å². The molecule has 0 aliphatic carbocycles. The maximum atomic E-state index is 12.1. The van der Waals surface area contributed by atoms with Crippen LogP contribution in [0.25, 0.3) is 0 Å². The molecule has 2 rings (SSSR count). The van der Waals surface area contributed by atoms with Crippen LogP contribution in [0.2, 0.25) is 5.02 Å². The first-order valence-corrected chi connectivity index (χ1v) is 6.08. The summed E-state index contributed by atoms with van der Waals surface area (Å²) in [4.78, 5) is 12.1. The largest absolute Gasteiger partial charge is 0.398 e. The van der Waals surface area contributed by atoms with Crippen molar-refractivity contribution in [3.05, 3.63) is 64.2 Å². The molecule has 3 heteroatoms. The molecule has 2 nitrogen and oxygen atoms in total. The van der Waals surface area contributed by atoms with Crippen LogP contribution in [0.4, 0.5) is 5.69 Å². The molecule has 2 aromatic carbocycles. The summed E-state index contributed by atoms with van der Waals surface area (Å²) >= 11 is 5.83. The van der Waals surface area contributed by atoms with Crippen LogP contribution in [-0.2, 0) is 6.42 Å². The first-order valence-electron chi connectivity index (χ1n) is 5.70. The van der Waals surface area contributed by atoms with E-state index in [0.717, 1.165) is 5.56 Å². The van der Waals surface area contributed by atoms with E-state index in [4.69, 9.17) is 17.3 Å².